The summed E-state index contributed by atoms with van der Waals surface area (Å²) in [6, 6.07) is 5.07. The molecule has 24 heavy (non-hydrogen) atoms. The predicted octanol–water partition coefficient (Wildman–Crippen LogP) is 3.25. The highest BCUT2D eigenvalue weighted by Crippen LogP contribution is 2.15. The van der Waals surface area contributed by atoms with Crippen LogP contribution in [0.2, 0.25) is 0 Å². The summed E-state index contributed by atoms with van der Waals surface area (Å²) in [5.41, 5.74) is 2.76. The van der Waals surface area contributed by atoms with Gasteiger partial charge in [0.15, 0.2) is 5.43 Å². The second kappa shape index (κ2) is 8.11. The van der Waals surface area contributed by atoms with Crippen LogP contribution in [0.15, 0.2) is 23.0 Å². The lowest BCUT2D eigenvalue weighted by Gasteiger charge is -2.17. The van der Waals surface area contributed by atoms with Crippen LogP contribution in [-0.4, -0.2) is 36.1 Å². The number of nitrogens with zero attached hydrogens (tertiary/aromatic N) is 1. The molecule has 0 aliphatic carbocycles. The maximum atomic E-state index is 12.9. The number of hydrogen-bond donors (Lipinski definition) is 1. The number of nitrogens with one attached hydrogen (secondary N) is 1. The molecule has 1 N–H and O–H groups in total. The van der Waals surface area contributed by atoms with Crippen LogP contribution in [-0.2, 0) is 11.3 Å². The predicted molar refractivity (Wildman–Crippen MR) is 96.5 cm³/mol. The zero-order chi connectivity index (χ0) is 17.7. The minimum Gasteiger partial charge on any atom is -0.462 e. The lowest BCUT2D eigenvalue weighted by Crippen LogP contribution is -2.25. The van der Waals surface area contributed by atoms with Crippen molar-refractivity contribution in [3.8, 4) is 0 Å². The Kier molecular flexibility index (Phi) is 6.15. The van der Waals surface area contributed by atoms with Crippen molar-refractivity contribution in [3.05, 3.63) is 45.2 Å². The summed E-state index contributed by atoms with van der Waals surface area (Å²) in [6.45, 7) is 7.70. The minimum absolute atomic E-state index is 0.0178. The quantitative estimate of drug-likeness (QED) is 0.792. The zero-order valence-corrected chi connectivity index (χ0v) is 14.9. The molecule has 0 aliphatic heterocycles. The maximum absolute atomic E-state index is 12.9. The van der Waals surface area contributed by atoms with Crippen molar-refractivity contribution in [2.45, 2.75) is 40.2 Å². The van der Waals surface area contributed by atoms with E-state index in [1.165, 1.54) is 0 Å². The molecule has 1 aromatic heterocycles. The molecule has 0 fully saturated rings. The highest BCUT2D eigenvalue weighted by Gasteiger charge is 2.14. The summed E-state index contributed by atoms with van der Waals surface area (Å²) in [5, 5.41) is 0.532. The molecule has 0 saturated heterocycles. The molecule has 0 unspecified atom stereocenters. The van der Waals surface area contributed by atoms with Gasteiger partial charge in [-0.2, -0.15) is 0 Å². The van der Waals surface area contributed by atoms with Crippen LogP contribution < -0.4 is 5.43 Å². The van der Waals surface area contributed by atoms with Gasteiger partial charge in [0.05, 0.1) is 12.2 Å². The average molecular weight is 330 g/mol. The molecular formula is C19H26N2O3. The molecule has 1 aromatic carbocycles. The highest BCUT2D eigenvalue weighted by molar-refractivity contribution is 5.94. The fourth-order valence-corrected chi connectivity index (χ4v) is 2.76. The van der Waals surface area contributed by atoms with E-state index in [0.717, 1.165) is 36.2 Å². The van der Waals surface area contributed by atoms with E-state index in [2.05, 4.69) is 16.8 Å². The van der Waals surface area contributed by atoms with Crippen molar-refractivity contribution >= 4 is 16.9 Å². The molecular weight excluding hydrogens is 304 g/mol. The number of pyridine rings is 1. The summed E-state index contributed by atoms with van der Waals surface area (Å²) < 4.78 is 5.02. The normalized spacial score (nSPS) is 11.2. The third-order valence-corrected chi connectivity index (χ3v) is 4.15. The Morgan fingerprint density at radius 2 is 2.04 bits per heavy atom. The first-order chi connectivity index (χ1) is 11.5. The van der Waals surface area contributed by atoms with Gasteiger partial charge in [-0.1, -0.05) is 13.3 Å². The second-order valence-electron chi connectivity index (χ2n) is 6.13. The molecule has 0 spiro atoms. The zero-order valence-electron chi connectivity index (χ0n) is 14.9. The summed E-state index contributed by atoms with van der Waals surface area (Å²) in [5.74, 6) is -0.402. The van der Waals surface area contributed by atoms with Crippen LogP contribution in [0.1, 0.15) is 48.3 Å². The summed E-state index contributed by atoms with van der Waals surface area (Å²) in [7, 11) is 2.02. The van der Waals surface area contributed by atoms with E-state index in [-0.39, 0.29) is 5.43 Å². The molecule has 0 bridgehead atoms. The maximum Gasteiger partial charge on any atom is 0.338 e. The molecule has 0 atom stereocenters. The molecule has 0 radical (unpaired) electrons. The lowest BCUT2D eigenvalue weighted by atomic mass is 10.1. The van der Waals surface area contributed by atoms with E-state index >= 15 is 0 Å². The Morgan fingerprint density at radius 3 is 2.71 bits per heavy atom. The Balaban J connectivity index is 2.42. The van der Waals surface area contributed by atoms with Crippen LogP contribution in [0.4, 0.5) is 0 Å². The number of esters is 1. The van der Waals surface area contributed by atoms with Gasteiger partial charge in [-0.3, -0.25) is 4.79 Å². The SMILES string of the molecule is CCCCN(C)Cc1c(C)[nH]c2ccc(C(=O)OCC)cc2c1=O. The van der Waals surface area contributed by atoms with Crippen molar-refractivity contribution in [2.75, 3.05) is 20.2 Å². The van der Waals surface area contributed by atoms with Gasteiger partial charge in [0.2, 0.25) is 0 Å². The Bertz CT molecular complexity index is 780. The van der Waals surface area contributed by atoms with Crippen LogP contribution in [0, 0.1) is 6.92 Å². The molecule has 5 heteroatoms. The largest absolute Gasteiger partial charge is 0.462 e. The lowest BCUT2D eigenvalue weighted by molar-refractivity contribution is 0.0526. The van der Waals surface area contributed by atoms with E-state index in [1.54, 1.807) is 25.1 Å². The molecule has 0 amide bonds. The van der Waals surface area contributed by atoms with Crippen molar-refractivity contribution < 1.29 is 9.53 Å². The molecule has 0 aliphatic rings. The van der Waals surface area contributed by atoms with Crippen molar-refractivity contribution in [2.24, 2.45) is 0 Å². The number of rotatable bonds is 7. The van der Waals surface area contributed by atoms with E-state index < -0.39 is 5.97 Å². The van der Waals surface area contributed by atoms with E-state index in [0.29, 0.717) is 24.1 Å². The first kappa shape index (κ1) is 18.2. The Morgan fingerprint density at radius 1 is 1.29 bits per heavy atom. The molecule has 0 saturated carbocycles. The molecule has 2 aromatic rings. The third-order valence-electron chi connectivity index (χ3n) is 4.15. The second-order valence-corrected chi connectivity index (χ2v) is 6.13. The Labute approximate surface area is 142 Å². The number of aryl methyl sites for hydroxylation is 1. The van der Waals surface area contributed by atoms with Crippen LogP contribution in [0.5, 0.6) is 0 Å². The fraction of sp³-hybridized carbons (Fsp3) is 0.474. The number of H-pyrrole nitrogens is 1. The topological polar surface area (TPSA) is 62.4 Å². The fourth-order valence-electron chi connectivity index (χ4n) is 2.76. The smallest absolute Gasteiger partial charge is 0.338 e. The Hall–Kier alpha value is -2.14. The van der Waals surface area contributed by atoms with Gasteiger partial charge < -0.3 is 14.6 Å². The molecule has 2 rings (SSSR count). The van der Waals surface area contributed by atoms with Crippen LogP contribution in [0.3, 0.4) is 0 Å². The molecule has 5 nitrogen and oxygen atoms in total. The minimum atomic E-state index is -0.402. The van der Waals surface area contributed by atoms with Crippen molar-refractivity contribution in [1.29, 1.82) is 0 Å². The first-order valence-electron chi connectivity index (χ1n) is 8.49. The monoisotopic (exact) mass is 330 g/mol. The summed E-state index contributed by atoms with van der Waals surface area (Å²) >= 11 is 0. The van der Waals surface area contributed by atoms with E-state index in [1.807, 2.05) is 14.0 Å². The van der Waals surface area contributed by atoms with Crippen molar-refractivity contribution in [3.63, 3.8) is 0 Å². The molecule has 130 valence electrons. The van der Waals surface area contributed by atoms with Gasteiger partial charge in [-0.15, -0.1) is 0 Å². The van der Waals surface area contributed by atoms with E-state index in [9.17, 15) is 9.59 Å². The molecule has 1 heterocycles. The number of carbonyl (C=O) groups is 1. The number of benzene rings is 1. The van der Waals surface area contributed by atoms with Gasteiger partial charge in [0, 0.05) is 28.7 Å². The van der Waals surface area contributed by atoms with Crippen molar-refractivity contribution in [1.82, 2.24) is 9.88 Å². The number of aromatic amines is 1. The van der Waals surface area contributed by atoms with Gasteiger partial charge >= 0.3 is 5.97 Å². The summed E-state index contributed by atoms with van der Waals surface area (Å²) in [6.07, 6.45) is 2.23. The number of hydrogen-bond acceptors (Lipinski definition) is 4. The number of carbonyl (C=O) groups excluding carboxylic acids is 1. The summed E-state index contributed by atoms with van der Waals surface area (Å²) in [4.78, 5) is 30.2. The van der Waals surface area contributed by atoms with Crippen LogP contribution >= 0.6 is 0 Å². The standard InChI is InChI=1S/C19H26N2O3/c1-5-7-10-21(4)12-16-13(3)20-17-9-8-14(19(23)24-6-2)11-15(17)18(16)22/h8-9,11H,5-7,10,12H2,1-4H3,(H,20,22). The average Bonchev–Trinajstić information content (AvgIpc) is 2.56. The van der Waals surface area contributed by atoms with Gasteiger partial charge in [-0.25, -0.2) is 4.79 Å². The van der Waals surface area contributed by atoms with E-state index in [4.69, 9.17) is 4.74 Å². The third kappa shape index (κ3) is 4.03. The van der Waals surface area contributed by atoms with Crippen LogP contribution in [0.25, 0.3) is 10.9 Å². The van der Waals surface area contributed by atoms with Gasteiger partial charge in [0.25, 0.3) is 0 Å². The number of fused-ring (bicyclic) bond motifs is 1. The first-order valence-corrected chi connectivity index (χ1v) is 8.49. The number of unbranched alkanes of at least 4 members (excludes halogenated alkanes) is 1. The number of ether oxygens (including phenoxy) is 1. The highest BCUT2D eigenvalue weighted by atomic mass is 16.5. The van der Waals surface area contributed by atoms with Gasteiger partial charge in [-0.05, 0) is 52.1 Å². The van der Waals surface area contributed by atoms with Gasteiger partial charge in [0.1, 0.15) is 0 Å². The number of aromatic nitrogens is 1.